The van der Waals surface area contributed by atoms with E-state index < -0.39 is 0 Å². The Kier molecular flexibility index (Phi) is 8.97. The molecule has 1 aliphatic heterocycles. The summed E-state index contributed by atoms with van der Waals surface area (Å²) in [5.41, 5.74) is 2.24. The minimum atomic E-state index is 0.617. The SMILES string of the molecule is CCNC(=NCC1CCN(Cc2nc(C)c(C)o2)CC1)N(C)Cc1ccc(OCC)cc1. The number of nitrogens with one attached hydrogen (secondary N) is 1. The van der Waals surface area contributed by atoms with Crippen molar-refractivity contribution in [3.05, 3.63) is 47.2 Å². The Bertz CT molecular complexity index is 834. The number of hydrogen-bond donors (Lipinski definition) is 1. The molecule has 7 nitrogen and oxygen atoms in total. The van der Waals surface area contributed by atoms with Crippen molar-refractivity contribution in [2.75, 3.05) is 39.8 Å². The van der Waals surface area contributed by atoms with Gasteiger partial charge in [0.05, 0.1) is 18.8 Å². The van der Waals surface area contributed by atoms with Crippen molar-refractivity contribution >= 4 is 5.96 Å². The number of aliphatic imine (C=N–C) groups is 1. The molecule has 1 saturated heterocycles. The van der Waals surface area contributed by atoms with Gasteiger partial charge in [-0.1, -0.05) is 12.1 Å². The zero-order valence-electron chi connectivity index (χ0n) is 20.4. The van der Waals surface area contributed by atoms with E-state index in [9.17, 15) is 0 Å². The molecule has 0 spiro atoms. The lowest BCUT2D eigenvalue weighted by Gasteiger charge is -2.30. The zero-order valence-corrected chi connectivity index (χ0v) is 20.4. The van der Waals surface area contributed by atoms with Gasteiger partial charge in [0.25, 0.3) is 0 Å². The van der Waals surface area contributed by atoms with Gasteiger partial charge < -0.3 is 19.4 Å². The molecule has 2 aromatic rings. The number of benzene rings is 1. The molecule has 1 aromatic carbocycles. The summed E-state index contributed by atoms with van der Waals surface area (Å²) in [5, 5.41) is 3.44. The van der Waals surface area contributed by atoms with Crippen LogP contribution in [-0.4, -0.2) is 60.6 Å². The summed E-state index contributed by atoms with van der Waals surface area (Å²) >= 11 is 0. The van der Waals surface area contributed by atoms with Gasteiger partial charge in [0.1, 0.15) is 11.5 Å². The highest BCUT2D eigenvalue weighted by molar-refractivity contribution is 5.79. The number of ether oxygens (including phenoxy) is 1. The molecule has 0 bridgehead atoms. The summed E-state index contributed by atoms with van der Waals surface area (Å²) in [7, 11) is 2.10. The molecule has 1 aliphatic rings. The molecule has 7 heteroatoms. The average Bonchev–Trinajstić information content (AvgIpc) is 3.10. The van der Waals surface area contributed by atoms with Crippen molar-refractivity contribution in [2.24, 2.45) is 10.9 Å². The quantitative estimate of drug-likeness (QED) is 0.469. The van der Waals surface area contributed by atoms with Crippen LogP contribution in [-0.2, 0) is 13.1 Å². The van der Waals surface area contributed by atoms with E-state index in [4.69, 9.17) is 14.1 Å². The maximum Gasteiger partial charge on any atom is 0.208 e. The Morgan fingerprint density at radius 3 is 2.53 bits per heavy atom. The third-order valence-electron chi connectivity index (χ3n) is 5.99. The van der Waals surface area contributed by atoms with E-state index >= 15 is 0 Å². The van der Waals surface area contributed by atoms with E-state index in [-0.39, 0.29) is 0 Å². The van der Waals surface area contributed by atoms with E-state index in [1.54, 1.807) is 0 Å². The molecule has 0 radical (unpaired) electrons. The Morgan fingerprint density at radius 2 is 1.94 bits per heavy atom. The van der Waals surface area contributed by atoms with Crippen molar-refractivity contribution in [3.8, 4) is 5.75 Å². The monoisotopic (exact) mass is 441 g/mol. The van der Waals surface area contributed by atoms with Crippen LogP contribution in [0.3, 0.4) is 0 Å². The van der Waals surface area contributed by atoms with E-state index in [0.717, 1.165) is 81.2 Å². The number of aryl methyl sites for hydroxylation is 2. The number of likely N-dealkylation sites (tertiary alicyclic amines) is 1. The van der Waals surface area contributed by atoms with Crippen LogP contribution in [0.15, 0.2) is 33.7 Å². The third kappa shape index (κ3) is 6.99. The minimum absolute atomic E-state index is 0.617. The van der Waals surface area contributed by atoms with Gasteiger partial charge in [-0.05, 0) is 77.2 Å². The molecular formula is C25H39N5O2. The second-order valence-electron chi connectivity index (χ2n) is 8.60. The van der Waals surface area contributed by atoms with Crippen molar-refractivity contribution < 1.29 is 9.15 Å². The number of oxazole rings is 1. The number of hydrogen-bond acceptors (Lipinski definition) is 5. The molecule has 2 heterocycles. The number of nitrogens with zero attached hydrogens (tertiary/aromatic N) is 4. The normalized spacial score (nSPS) is 15.7. The van der Waals surface area contributed by atoms with Gasteiger partial charge >= 0.3 is 0 Å². The van der Waals surface area contributed by atoms with Gasteiger partial charge in [0.15, 0.2) is 5.96 Å². The van der Waals surface area contributed by atoms with Gasteiger partial charge in [-0.25, -0.2) is 4.98 Å². The number of guanidine groups is 1. The zero-order chi connectivity index (χ0) is 22.9. The Morgan fingerprint density at radius 1 is 1.22 bits per heavy atom. The third-order valence-corrected chi connectivity index (χ3v) is 5.99. The first-order valence-electron chi connectivity index (χ1n) is 11.8. The van der Waals surface area contributed by atoms with Crippen LogP contribution >= 0.6 is 0 Å². The fourth-order valence-corrected chi connectivity index (χ4v) is 4.02. The predicted octanol–water partition coefficient (Wildman–Crippen LogP) is 4.00. The van der Waals surface area contributed by atoms with Crippen molar-refractivity contribution in [1.29, 1.82) is 0 Å². The molecule has 0 amide bonds. The standard InChI is InChI=1S/C25H39N5O2/c1-6-26-25(29(5)17-22-8-10-23(11-9-22)31-7-2)27-16-21-12-14-30(15-13-21)18-24-28-19(3)20(4)32-24/h8-11,21H,6-7,12-18H2,1-5H3,(H,26,27). The highest BCUT2D eigenvalue weighted by Crippen LogP contribution is 2.20. The summed E-state index contributed by atoms with van der Waals surface area (Å²) in [6.07, 6.45) is 2.31. The smallest absolute Gasteiger partial charge is 0.208 e. The molecule has 0 unspecified atom stereocenters. The van der Waals surface area contributed by atoms with Crippen LogP contribution in [0.1, 0.15) is 49.6 Å². The van der Waals surface area contributed by atoms with Crippen molar-refractivity contribution in [2.45, 2.75) is 53.6 Å². The fraction of sp³-hybridized carbons (Fsp3) is 0.600. The highest BCUT2D eigenvalue weighted by Gasteiger charge is 2.21. The Hall–Kier alpha value is -2.54. The predicted molar refractivity (Wildman–Crippen MR) is 129 cm³/mol. The Labute approximate surface area is 192 Å². The first-order valence-corrected chi connectivity index (χ1v) is 11.8. The van der Waals surface area contributed by atoms with Crippen LogP contribution in [0.25, 0.3) is 0 Å². The van der Waals surface area contributed by atoms with Crippen LogP contribution in [0.5, 0.6) is 5.75 Å². The summed E-state index contributed by atoms with van der Waals surface area (Å²) in [5.74, 6) is 4.26. The number of aromatic nitrogens is 1. The van der Waals surface area contributed by atoms with Crippen LogP contribution in [0, 0.1) is 19.8 Å². The van der Waals surface area contributed by atoms with E-state index in [2.05, 4.69) is 46.2 Å². The van der Waals surface area contributed by atoms with Crippen LogP contribution < -0.4 is 10.1 Å². The molecule has 32 heavy (non-hydrogen) atoms. The van der Waals surface area contributed by atoms with Gasteiger partial charge in [-0.15, -0.1) is 0 Å². The molecule has 0 saturated carbocycles. The first-order chi connectivity index (χ1) is 15.5. The molecule has 1 aromatic heterocycles. The molecular weight excluding hydrogens is 402 g/mol. The molecule has 176 valence electrons. The van der Waals surface area contributed by atoms with Gasteiger partial charge in [-0.2, -0.15) is 0 Å². The van der Waals surface area contributed by atoms with E-state index in [1.807, 2.05) is 32.9 Å². The minimum Gasteiger partial charge on any atom is -0.494 e. The fourth-order valence-electron chi connectivity index (χ4n) is 4.02. The summed E-state index contributed by atoms with van der Waals surface area (Å²) in [6, 6.07) is 8.31. The number of piperidine rings is 1. The lowest BCUT2D eigenvalue weighted by Crippen LogP contribution is -2.39. The van der Waals surface area contributed by atoms with Crippen molar-refractivity contribution in [1.82, 2.24) is 20.1 Å². The second-order valence-corrected chi connectivity index (χ2v) is 8.60. The van der Waals surface area contributed by atoms with Crippen LogP contribution in [0.4, 0.5) is 0 Å². The second kappa shape index (κ2) is 11.9. The van der Waals surface area contributed by atoms with Gasteiger partial charge in [-0.3, -0.25) is 9.89 Å². The van der Waals surface area contributed by atoms with Gasteiger partial charge in [0.2, 0.25) is 5.89 Å². The summed E-state index contributed by atoms with van der Waals surface area (Å²) < 4.78 is 11.3. The number of rotatable bonds is 9. The molecule has 0 aliphatic carbocycles. The lowest BCUT2D eigenvalue weighted by atomic mass is 9.97. The lowest BCUT2D eigenvalue weighted by molar-refractivity contribution is 0.166. The average molecular weight is 442 g/mol. The topological polar surface area (TPSA) is 66.1 Å². The van der Waals surface area contributed by atoms with E-state index in [1.165, 1.54) is 5.56 Å². The maximum absolute atomic E-state index is 5.75. The molecule has 1 fully saturated rings. The summed E-state index contributed by atoms with van der Waals surface area (Å²) in [4.78, 5) is 14.1. The van der Waals surface area contributed by atoms with Crippen LogP contribution in [0.2, 0.25) is 0 Å². The summed E-state index contributed by atoms with van der Waals surface area (Å²) in [6.45, 7) is 14.3. The van der Waals surface area contributed by atoms with Crippen molar-refractivity contribution in [3.63, 3.8) is 0 Å². The van der Waals surface area contributed by atoms with E-state index in [0.29, 0.717) is 12.5 Å². The molecule has 0 atom stereocenters. The first kappa shape index (κ1) is 24.1. The molecule has 1 N–H and O–H groups in total. The maximum atomic E-state index is 5.75. The molecule has 3 rings (SSSR count). The van der Waals surface area contributed by atoms with Gasteiger partial charge in [0, 0.05) is 26.7 Å². The highest BCUT2D eigenvalue weighted by atomic mass is 16.5. The largest absolute Gasteiger partial charge is 0.494 e. The Balaban J connectivity index is 1.48.